The van der Waals surface area contributed by atoms with Crippen molar-refractivity contribution in [1.29, 1.82) is 0 Å². The average Bonchev–Trinajstić information content (AvgIpc) is 2.83. The summed E-state index contributed by atoms with van der Waals surface area (Å²) < 4.78 is 16.1. The van der Waals surface area contributed by atoms with Crippen LogP contribution in [-0.4, -0.2) is 14.2 Å². The summed E-state index contributed by atoms with van der Waals surface area (Å²) >= 11 is 0. The highest BCUT2D eigenvalue weighted by Gasteiger charge is 2.22. The normalized spacial score (nSPS) is 12.2. The maximum atomic E-state index is 6.26. The van der Waals surface area contributed by atoms with E-state index in [0.717, 1.165) is 16.9 Å². The van der Waals surface area contributed by atoms with Gasteiger partial charge in [0.2, 0.25) is 0 Å². The van der Waals surface area contributed by atoms with Crippen LogP contribution in [0.5, 0.6) is 11.5 Å². The molecule has 2 aromatic rings. The van der Waals surface area contributed by atoms with Crippen molar-refractivity contribution < 1.29 is 13.9 Å². The lowest BCUT2D eigenvalue weighted by atomic mass is 10.0. The van der Waals surface area contributed by atoms with Gasteiger partial charge in [0, 0.05) is 0 Å². The molecule has 0 aliphatic carbocycles. The van der Waals surface area contributed by atoms with Gasteiger partial charge < -0.3 is 19.6 Å². The fraction of sp³-hybridized carbons (Fsp3) is 0.286. The third-order valence-electron chi connectivity index (χ3n) is 2.96. The van der Waals surface area contributed by atoms with Gasteiger partial charge in [-0.25, -0.2) is 0 Å². The Kier molecular flexibility index (Phi) is 3.58. The second-order valence-electron chi connectivity index (χ2n) is 4.02. The van der Waals surface area contributed by atoms with Gasteiger partial charge in [-0.15, -0.1) is 0 Å². The molecule has 18 heavy (non-hydrogen) atoms. The Morgan fingerprint density at radius 3 is 2.17 bits per heavy atom. The minimum absolute atomic E-state index is 0.411. The van der Waals surface area contributed by atoms with E-state index in [2.05, 4.69) is 0 Å². The van der Waals surface area contributed by atoms with Crippen LogP contribution < -0.4 is 15.2 Å². The van der Waals surface area contributed by atoms with E-state index in [9.17, 15) is 0 Å². The summed E-state index contributed by atoms with van der Waals surface area (Å²) in [6, 6.07) is 7.05. The van der Waals surface area contributed by atoms with Crippen molar-refractivity contribution in [2.75, 3.05) is 14.2 Å². The Morgan fingerprint density at radius 1 is 1.11 bits per heavy atom. The van der Waals surface area contributed by atoms with Crippen molar-refractivity contribution in [2.45, 2.75) is 13.0 Å². The Morgan fingerprint density at radius 2 is 1.72 bits per heavy atom. The molecule has 0 saturated carbocycles. The Balaban J connectivity index is 2.52. The molecule has 2 N–H and O–H groups in total. The van der Waals surface area contributed by atoms with Crippen molar-refractivity contribution in [3.05, 3.63) is 47.4 Å². The number of furan rings is 1. The number of nitrogens with two attached hydrogens (primary N) is 1. The van der Waals surface area contributed by atoms with Crippen LogP contribution in [-0.2, 0) is 0 Å². The predicted molar refractivity (Wildman–Crippen MR) is 69.0 cm³/mol. The van der Waals surface area contributed by atoms with Gasteiger partial charge >= 0.3 is 0 Å². The Bertz CT molecular complexity index is 511. The second-order valence-corrected chi connectivity index (χ2v) is 4.02. The van der Waals surface area contributed by atoms with Gasteiger partial charge in [0.05, 0.1) is 32.1 Å². The largest absolute Gasteiger partial charge is 0.496 e. The number of hydrogen-bond donors (Lipinski definition) is 1. The van der Waals surface area contributed by atoms with E-state index in [-0.39, 0.29) is 0 Å². The molecule has 1 heterocycles. The molecule has 0 radical (unpaired) electrons. The lowest BCUT2D eigenvalue weighted by molar-refractivity contribution is 0.376. The van der Waals surface area contributed by atoms with Gasteiger partial charge in [-0.05, 0) is 30.7 Å². The molecule has 4 heteroatoms. The van der Waals surface area contributed by atoms with E-state index in [1.807, 2.05) is 31.2 Å². The zero-order valence-electron chi connectivity index (χ0n) is 10.8. The predicted octanol–water partition coefficient (Wildman–Crippen LogP) is 2.65. The van der Waals surface area contributed by atoms with Crippen molar-refractivity contribution in [1.82, 2.24) is 0 Å². The van der Waals surface area contributed by atoms with Crippen molar-refractivity contribution in [3.8, 4) is 11.5 Å². The molecule has 0 aliphatic heterocycles. The summed E-state index contributed by atoms with van der Waals surface area (Å²) in [6.07, 6.45) is 1.63. The van der Waals surface area contributed by atoms with Crippen molar-refractivity contribution in [3.63, 3.8) is 0 Å². The molecular formula is C14H17NO3. The molecule has 4 nitrogen and oxygen atoms in total. The third-order valence-corrected chi connectivity index (χ3v) is 2.96. The van der Waals surface area contributed by atoms with E-state index in [0.29, 0.717) is 11.5 Å². The Hall–Kier alpha value is -1.94. The van der Waals surface area contributed by atoms with Gasteiger partial charge in [-0.1, -0.05) is 6.07 Å². The van der Waals surface area contributed by atoms with Crippen LogP contribution in [0.3, 0.4) is 0 Å². The molecule has 1 aromatic heterocycles. The summed E-state index contributed by atoms with van der Waals surface area (Å²) in [5.74, 6) is 2.10. The molecule has 0 aliphatic rings. The quantitative estimate of drug-likeness (QED) is 0.902. The molecule has 0 fully saturated rings. The van der Waals surface area contributed by atoms with Crippen LogP contribution in [0.25, 0.3) is 0 Å². The van der Waals surface area contributed by atoms with Crippen molar-refractivity contribution in [2.24, 2.45) is 5.73 Å². The molecule has 0 bridgehead atoms. The number of benzene rings is 1. The average molecular weight is 247 g/mol. The summed E-state index contributed by atoms with van der Waals surface area (Å²) in [6.45, 7) is 1.96. The first-order valence-electron chi connectivity index (χ1n) is 5.69. The molecule has 1 aromatic carbocycles. The third kappa shape index (κ3) is 2.07. The minimum atomic E-state index is -0.411. The monoisotopic (exact) mass is 247 g/mol. The number of hydrogen-bond acceptors (Lipinski definition) is 4. The first-order chi connectivity index (χ1) is 8.69. The van der Waals surface area contributed by atoms with Crippen LogP contribution in [0.1, 0.15) is 22.9 Å². The van der Waals surface area contributed by atoms with Gasteiger partial charge in [0.15, 0.2) is 0 Å². The zero-order valence-corrected chi connectivity index (χ0v) is 10.8. The highest BCUT2D eigenvalue weighted by molar-refractivity contribution is 5.49. The second kappa shape index (κ2) is 5.14. The Labute approximate surface area is 106 Å². The number of aryl methyl sites for hydroxylation is 1. The smallest absolute Gasteiger partial charge is 0.128 e. The molecule has 1 unspecified atom stereocenters. The lowest BCUT2D eigenvalue weighted by Crippen LogP contribution is -2.14. The fourth-order valence-electron chi connectivity index (χ4n) is 2.02. The summed E-state index contributed by atoms with van der Waals surface area (Å²) in [4.78, 5) is 0. The molecule has 0 saturated heterocycles. The fourth-order valence-corrected chi connectivity index (χ4v) is 2.02. The molecule has 96 valence electrons. The first-order valence-corrected chi connectivity index (χ1v) is 5.69. The number of ether oxygens (including phenoxy) is 2. The summed E-state index contributed by atoms with van der Waals surface area (Å²) in [7, 11) is 3.22. The van der Waals surface area contributed by atoms with E-state index in [1.165, 1.54) is 0 Å². The maximum absolute atomic E-state index is 6.26. The van der Waals surface area contributed by atoms with Crippen LogP contribution >= 0.6 is 0 Å². The van der Waals surface area contributed by atoms with E-state index in [1.54, 1.807) is 20.5 Å². The van der Waals surface area contributed by atoms with Crippen molar-refractivity contribution >= 4 is 0 Å². The van der Waals surface area contributed by atoms with Crippen LogP contribution in [0.4, 0.5) is 0 Å². The van der Waals surface area contributed by atoms with Gasteiger partial charge in [-0.2, -0.15) is 0 Å². The van der Waals surface area contributed by atoms with Crippen LogP contribution in [0.2, 0.25) is 0 Å². The molecule has 0 spiro atoms. The van der Waals surface area contributed by atoms with Gasteiger partial charge in [0.1, 0.15) is 17.3 Å². The van der Waals surface area contributed by atoms with Gasteiger partial charge in [0.25, 0.3) is 0 Å². The SMILES string of the molecule is COc1cccc(OC)c1C(N)c1occc1C. The maximum Gasteiger partial charge on any atom is 0.128 e. The highest BCUT2D eigenvalue weighted by atomic mass is 16.5. The highest BCUT2D eigenvalue weighted by Crippen LogP contribution is 2.36. The lowest BCUT2D eigenvalue weighted by Gasteiger charge is -2.17. The first kappa shape index (κ1) is 12.5. The zero-order chi connectivity index (χ0) is 13.1. The molecular weight excluding hydrogens is 230 g/mol. The summed E-state index contributed by atoms with van der Waals surface area (Å²) in [5.41, 5.74) is 8.06. The number of methoxy groups -OCH3 is 2. The molecule has 1 atom stereocenters. The van der Waals surface area contributed by atoms with Crippen LogP contribution in [0, 0.1) is 6.92 Å². The topological polar surface area (TPSA) is 57.6 Å². The van der Waals surface area contributed by atoms with Crippen LogP contribution in [0.15, 0.2) is 34.9 Å². The standard InChI is InChI=1S/C14H17NO3/c1-9-7-8-18-14(9)13(15)12-10(16-2)5-4-6-11(12)17-3/h4-8,13H,15H2,1-3H3. The van der Waals surface area contributed by atoms with E-state index >= 15 is 0 Å². The summed E-state index contributed by atoms with van der Waals surface area (Å²) in [5, 5.41) is 0. The molecule has 0 amide bonds. The van der Waals surface area contributed by atoms with E-state index < -0.39 is 6.04 Å². The molecule has 2 rings (SSSR count). The minimum Gasteiger partial charge on any atom is -0.496 e. The number of rotatable bonds is 4. The van der Waals surface area contributed by atoms with Gasteiger partial charge in [-0.3, -0.25) is 0 Å². The van der Waals surface area contributed by atoms with E-state index in [4.69, 9.17) is 19.6 Å².